The van der Waals surface area contributed by atoms with Crippen molar-refractivity contribution < 1.29 is 18.0 Å². The Bertz CT molecular complexity index is 706. The first-order valence-corrected chi connectivity index (χ1v) is 8.43. The number of rotatable bonds is 6. The number of carbonyl (C=O) groups is 1. The van der Waals surface area contributed by atoms with E-state index in [0.717, 1.165) is 36.1 Å². The third-order valence-electron chi connectivity index (χ3n) is 4.41. The minimum absolute atomic E-state index is 0.0613. The van der Waals surface area contributed by atoms with Crippen LogP contribution in [0.1, 0.15) is 36.0 Å². The second kappa shape index (κ2) is 7.30. The number of hydrogen-bond acceptors (Lipinski definition) is 1. The zero-order valence-corrected chi connectivity index (χ0v) is 13.8. The Hall–Kier alpha value is -2.30. The SMILES string of the molecule is O=C(CCc1ccccc1)N(Cc1ccc(C(F)(F)F)cc1)C1CC1. The van der Waals surface area contributed by atoms with Gasteiger partial charge in [0, 0.05) is 19.0 Å². The van der Waals surface area contributed by atoms with Gasteiger partial charge in [0.25, 0.3) is 0 Å². The summed E-state index contributed by atoms with van der Waals surface area (Å²) in [5.41, 5.74) is 1.18. The second-order valence-electron chi connectivity index (χ2n) is 6.43. The lowest BCUT2D eigenvalue weighted by atomic mass is 10.1. The average molecular weight is 347 g/mol. The highest BCUT2D eigenvalue weighted by atomic mass is 19.4. The highest BCUT2D eigenvalue weighted by Gasteiger charge is 2.33. The monoisotopic (exact) mass is 347 g/mol. The first kappa shape index (κ1) is 17.5. The molecule has 2 nitrogen and oxygen atoms in total. The fourth-order valence-electron chi connectivity index (χ4n) is 2.84. The number of hydrogen-bond donors (Lipinski definition) is 0. The molecule has 0 bridgehead atoms. The van der Waals surface area contributed by atoms with Crippen LogP contribution in [0.15, 0.2) is 54.6 Å². The summed E-state index contributed by atoms with van der Waals surface area (Å²) in [4.78, 5) is 14.4. The Morgan fingerprint density at radius 1 is 0.960 bits per heavy atom. The maximum Gasteiger partial charge on any atom is 0.416 e. The summed E-state index contributed by atoms with van der Waals surface area (Å²) in [7, 11) is 0. The summed E-state index contributed by atoms with van der Waals surface area (Å²) in [6.07, 6.45) is -1.30. The number of carbonyl (C=O) groups excluding carboxylic acids is 1. The van der Waals surface area contributed by atoms with Crippen LogP contribution in [-0.4, -0.2) is 16.8 Å². The fraction of sp³-hybridized carbons (Fsp3) is 0.350. The number of benzene rings is 2. The molecule has 5 heteroatoms. The molecular formula is C20H20F3NO. The van der Waals surface area contributed by atoms with Crippen molar-refractivity contribution in [2.45, 2.75) is 44.4 Å². The fourth-order valence-corrected chi connectivity index (χ4v) is 2.84. The maximum atomic E-state index is 12.6. The van der Waals surface area contributed by atoms with E-state index in [1.807, 2.05) is 35.2 Å². The van der Waals surface area contributed by atoms with Gasteiger partial charge in [0.1, 0.15) is 0 Å². The van der Waals surface area contributed by atoms with E-state index in [9.17, 15) is 18.0 Å². The minimum Gasteiger partial charge on any atom is -0.335 e. The Balaban J connectivity index is 1.62. The summed E-state index contributed by atoms with van der Waals surface area (Å²) in [5.74, 6) is 0.0613. The van der Waals surface area contributed by atoms with Gasteiger partial charge in [-0.05, 0) is 42.5 Å². The van der Waals surface area contributed by atoms with Crippen molar-refractivity contribution in [2.24, 2.45) is 0 Å². The van der Waals surface area contributed by atoms with Crippen LogP contribution in [0.25, 0.3) is 0 Å². The molecule has 1 saturated carbocycles. The van der Waals surface area contributed by atoms with Crippen LogP contribution < -0.4 is 0 Å². The van der Waals surface area contributed by atoms with Crippen molar-refractivity contribution in [3.63, 3.8) is 0 Å². The number of nitrogens with zero attached hydrogens (tertiary/aromatic N) is 1. The molecule has 0 heterocycles. The average Bonchev–Trinajstić information content (AvgIpc) is 3.43. The zero-order chi connectivity index (χ0) is 17.9. The molecule has 0 radical (unpaired) electrons. The van der Waals surface area contributed by atoms with Crippen LogP contribution in [0.2, 0.25) is 0 Å². The van der Waals surface area contributed by atoms with Crippen LogP contribution in [0.3, 0.4) is 0 Å². The van der Waals surface area contributed by atoms with Gasteiger partial charge in [0.05, 0.1) is 5.56 Å². The van der Waals surface area contributed by atoms with E-state index < -0.39 is 11.7 Å². The third-order valence-corrected chi connectivity index (χ3v) is 4.41. The van der Waals surface area contributed by atoms with Crippen LogP contribution in [0, 0.1) is 0 Å². The van der Waals surface area contributed by atoms with E-state index in [-0.39, 0.29) is 11.9 Å². The molecule has 0 saturated heterocycles. The lowest BCUT2D eigenvalue weighted by Crippen LogP contribution is -2.32. The van der Waals surface area contributed by atoms with Crippen molar-refractivity contribution in [1.29, 1.82) is 0 Å². The molecule has 0 aliphatic heterocycles. The van der Waals surface area contributed by atoms with Gasteiger partial charge in [0.15, 0.2) is 0 Å². The third kappa shape index (κ3) is 4.84. The normalized spacial score (nSPS) is 14.4. The van der Waals surface area contributed by atoms with Crippen molar-refractivity contribution in [3.05, 3.63) is 71.3 Å². The predicted molar refractivity (Wildman–Crippen MR) is 89.8 cm³/mol. The highest BCUT2D eigenvalue weighted by Crippen LogP contribution is 2.31. The van der Waals surface area contributed by atoms with Crippen molar-refractivity contribution in [2.75, 3.05) is 0 Å². The van der Waals surface area contributed by atoms with Gasteiger partial charge in [0.2, 0.25) is 5.91 Å². The standard InChI is InChI=1S/C20H20F3NO/c21-20(22,23)17-9-6-16(7-10-17)14-24(18-11-12-18)19(25)13-8-15-4-2-1-3-5-15/h1-7,9-10,18H,8,11-14H2. The number of halogens is 3. The van der Waals surface area contributed by atoms with Gasteiger partial charge < -0.3 is 4.90 Å². The van der Waals surface area contributed by atoms with Crippen LogP contribution in [0.4, 0.5) is 13.2 Å². The maximum absolute atomic E-state index is 12.6. The van der Waals surface area contributed by atoms with Crippen molar-refractivity contribution in [3.8, 4) is 0 Å². The van der Waals surface area contributed by atoms with E-state index >= 15 is 0 Å². The molecule has 0 unspecified atom stereocenters. The molecule has 2 aromatic rings. The Labute approximate surface area is 145 Å². The number of amides is 1. The Morgan fingerprint density at radius 2 is 1.60 bits per heavy atom. The molecule has 2 aromatic carbocycles. The largest absolute Gasteiger partial charge is 0.416 e. The Morgan fingerprint density at radius 3 is 2.16 bits per heavy atom. The molecule has 1 amide bonds. The zero-order valence-electron chi connectivity index (χ0n) is 13.8. The van der Waals surface area contributed by atoms with Crippen molar-refractivity contribution >= 4 is 5.91 Å². The lowest BCUT2D eigenvalue weighted by Gasteiger charge is -2.23. The quantitative estimate of drug-likeness (QED) is 0.733. The molecule has 1 aliphatic rings. The highest BCUT2D eigenvalue weighted by molar-refractivity contribution is 5.77. The van der Waals surface area contributed by atoms with Crippen LogP contribution in [-0.2, 0) is 23.9 Å². The summed E-state index contributed by atoms with van der Waals surface area (Å²) in [6, 6.07) is 15.1. The molecular weight excluding hydrogens is 327 g/mol. The first-order valence-electron chi connectivity index (χ1n) is 8.43. The van der Waals surface area contributed by atoms with Crippen LogP contribution >= 0.6 is 0 Å². The summed E-state index contributed by atoms with van der Waals surface area (Å²) in [6.45, 7) is 0.371. The molecule has 1 fully saturated rings. The molecule has 0 atom stereocenters. The summed E-state index contributed by atoms with van der Waals surface area (Å²) < 4.78 is 37.9. The van der Waals surface area contributed by atoms with E-state index in [1.54, 1.807) is 0 Å². The van der Waals surface area contributed by atoms with E-state index in [1.165, 1.54) is 12.1 Å². The minimum atomic E-state index is -4.33. The van der Waals surface area contributed by atoms with Gasteiger partial charge in [-0.1, -0.05) is 42.5 Å². The van der Waals surface area contributed by atoms with Gasteiger partial charge in [-0.2, -0.15) is 13.2 Å². The molecule has 1 aliphatic carbocycles. The Kier molecular flexibility index (Phi) is 5.11. The molecule has 3 rings (SSSR count). The van der Waals surface area contributed by atoms with Crippen molar-refractivity contribution in [1.82, 2.24) is 4.90 Å². The first-order chi connectivity index (χ1) is 11.9. The lowest BCUT2D eigenvalue weighted by molar-refractivity contribution is -0.137. The van der Waals surface area contributed by atoms with E-state index in [2.05, 4.69) is 0 Å². The van der Waals surface area contributed by atoms with Gasteiger partial charge in [-0.25, -0.2) is 0 Å². The van der Waals surface area contributed by atoms with Gasteiger partial charge in [-0.15, -0.1) is 0 Å². The smallest absolute Gasteiger partial charge is 0.335 e. The van der Waals surface area contributed by atoms with E-state index in [4.69, 9.17) is 0 Å². The topological polar surface area (TPSA) is 20.3 Å². The van der Waals surface area contributed by atoms with Gasteiger partial charge >= 0.3 is 6.18 Å². The molecule has 25 heavy (non-hydrogen) atoms. The number of alkyl halides is 3. The molecule has 0 N–H and O–H groups in total. The molecule has 0 aromatic heterocycles. The van der Waals surface area contributed by atoms with Crippen LogP contribution in [0.5, 0.6) is 0 Å². The molecule has 0 spiro atoms. The van der Waals surface area contributed by atoms with E-state index in [0.29, 0.717) is 19.4 Å². The predicted octanol–water partition coefficient (Wildman–Crippen LogP) is 4.83. The second-order valence-corrected chi connectivity index (χ2v) is 6.43. The number of aryl methyl sites for hydroxylation is 1. The summed E-state index contributed by atoms with van der Waals surface area (Å²) in [5, 5.41) is 0. The summed E-state index contributed by atoms with van der Waals surface area (Å²) >= 11 is 0. The molecule has 132 valence electrons. The van der Waals surface area contributed by atoms with Gasteiger partial charge in [-0.3, -0.25) is 4.79 Å².